The molecule has 0 saturated carbocycles. The van der Waals surface area contributed by atoms with Crippen LogP contribution in [0, 0.1) is 0 Å². The Labute approximate surface area is 92.9 Å². The molecule has 86 valence electrons. The van der Waals surface area contributed by atoms with Crippen LogP contribution in [0.2, 0.25) is 0 Å². The van der Waals surface area contributed by atoms with Gasteiger partial charge in [-0.1, -0.05) is 13.3 Å². The Morgan fingerprint density at radius 2 is 1.93 bits per heavy atom. The number of hydrogen-bond donors (Lipinski definition) is 2. The topological polar surface area (TPSA) is 32.3 Å². The minimum Gasteiger partial charge on any atom is -0.396 e. The summed E-state index contributed by atoms with van der Waals surface area (Å²) in [5, 5.41) is 12.6. The number of hydrogen-bond acceptors (Lipinski definition) is 3. The summed E-state index contributed by atoms with van der Waals surface area (Å²) in [7, 11) is 2.02. The predicted molar refractivity (Wildman–Crippen MR) is 66.0 cm³/mol. The van der Waals surface area contributed by atoms with Crippen molar-refractivity contribution in [1.82, 2.24) is 5.32 Å². The fourth-order valence-corrected chi connectivity index (χ4v) is 2.29. The standard InChI is InChI=1S/C11H25NOS/c1-10(12-3)6-4-5-9-14-11(2)7-8-13/h10-13H,4-9H2,1-3H3. The Morgan fingerprint density at radius 3 is 2.50 bits per heavy atom. The zero-order chi connectivity index (χ0) is 10.8. The van der Waals surface area contributed by atoms with Gasteiger partial charge in [0.15, 0.2) is 0 Å². The van der Waals surface area contributed by atoms with Gasteiger partial charge in [0.1, 0.15) is 0 Å². The maximum atomic E-state index is 8.72. The summed E-state index contributed by atoms with van der Waals surface area (Å²) in [5.74, 6) is 1.23. The van der Waals surface area contributed by atoms with Crippen LogP contribution in [0.15, 0.2) is 0 Å². The van der Waals surface area contributed by atoms with E-state index in [9.17, 15) is 0 Å². The van der Waals surface area contributed by atoms with Gasteiger partial charge in [-0.15, -0.1) is 0 Å². The molecule has 0 radical (unpaired) electrons. The number of nitrogens with one attached hydrogen (secondary N) is 1. The molecular formula is C11H25NOS. The first-order valence-electron chi connectivity index (χ1n) is 5.60. The fourth-order valence-electron chi connectivity index (χ4n) is 1.25. The lowest BCUT2D eigenvalue weighted by Gasteiger charge is -2.11. The van der Waals surface area contributed by atoms with E-state index in [1.165, 1.54) is 25.0 Å². The van der Waals surface area contributed by atoms with Crippen LogP contribution >= 0.6 is 11.8 Å². The number of aliphatic hydroxyl groups excluding tert-OH is 1. The van der Waals surface area contributed by atoms with E-state index < -0.39 is 0 Å². The Morgan fingerprint density at radius 1 is 1.21 bits per heavy atom. The first-order valence-corrected chi connectivity index (χ1v) is 6.65. The lowest BCUT2D eigenvalue weighted by atomic mass is 10.1. The van der Waals surface area contributed by atoms with Crippen LogP contribution in [0.1, 0.15) is 39.5 Å². The highest BCUT2D eigenvalue weighted by Crippen LogP contribution is 2.16. The third kappa shape index (κ3) is 8.85. The van der Waals surface area contributed by atoms with E-state index in [1.807, 2.05) is 18.8 Å². The molecule has 2 unspecified atom stereocenters. The van der Waals surface area contributed by atoms with E-state index in [4.69, 9.17) is 5.11 Å². The highest BCUT2D eigenvalue weighted by Gasteiger charge is 2.01. The van der Waals surface area contributed by atoms with Crippen molar-refractivity contribution < 1.29 is 5.11 Å². The highest BCUT2D eigenvalue weighted by atomic mass is 32.2. The van der Waals surface area contributed by atoms with E-state index in [-0.39, 0.29) is 0 Å². The van der Waals surface area contributed by atoms with Gasteiger partial charge in [0.05, 0.1) is 0 Å². The van der Waals surface area contributed by atoms with E-state index in [1.54, 1.807) is 0 Å². The largest absolute Gasteiger partial charge is 0.396 e. The van der Waals surface area contributed by atoms with Crippen molar-refractivity contribution in [3.05, 3.63) is 0 Å². The van der Waals surface area contributed by atoms with Crippen LogP contribution in [-0.4, -0.2) is 35.8 Å². The van der Waals surface area contributed by atoms with Gasteiger partial charge in [-0.2, -0.15) is 11.8 Å². The first-order chi connectivity index (χ1) is 6.70. The van der Waals surface area contributed by atoms with Gasteiger partial charge in [0, 0.05) is 17.9 Å². The van der Waals surface area contributed by atoms with E-state index in [0.717, 1.165) is 6.42 Å². The molecule has 0 spiro atoms. The average Bonchev–Trinajstić information content (AvgIpc) is 2.17. The summed E-state index contributed by atoms with van der Waals surface area (Å²) < 4.78 is 0. The van der Waals surface area contributed by atoms with E-state index in [0.29, 0.717) is 17.9 Å². The Bertz CT molecular complexity index is 122. The predicted octanol–water partition coefficient (Wildman–Crippen LogP) is 2.27. The summed E-state index contributed by atoms with van der Waals surface area (Å²) in [6.45, 7) is 4.74. The minimum atomic E-state index is 0.324. The lowest BCUT2D eigenvalue weighted by molar-refractivity contribution is 0.289. The van der Waals surface area contributed by atoms with Crippen LogP contribution in [0.25, 0.3) is 0 Å². The molecule has 0 amide bonds. The van der Waals surface area contributed by atoms with Gasteiger partial charge < -0.3 is 10.4 Å². The van der Waals surface area contributed by atoms with Gasteiger partial charge in [-0.05, 0) is 39.0 Å². The normalized spacial score (nSPS) is 15.4. The zero-order valence-corrected chi connectivity index (χ0v) is 10.6. The first kappa shape index (κ1) is 14.3. The van der Waals surface area contributed by atoms with E-state index >= 15 is 0 Å². The van der Waals surface area contributed by atoms with Crippen molar-refractivity contribution in [2.75, 3.05) is 19.4 Å². The third-order valence-corrected chi connectivity index (χ3v) is 3.79. The summed E-state index contributed by atoms with van der Waals surface area (Å²) in [6, 6.07) is 0.648. The second kappa shape index (κ2) is 9.81. The molecule has 14 heavy (non-hydrogen) atoms. The van der Waals surface area contributed by atoms with Gasteiger partial charge in [-0.3, -0.25) is 0 Å². The second-order valence-electron chi connectivity index (χ2n) is 3.88. The van der Waals surface area contributed by atoms with Gasteiger partial charge in [0.25, 0.3) is 0 Å². The van der Waals surface area contributed by atoms with Gasteiger partial charge in [0.2, 0.25) is 0 Å². The molecule has 0 heterocycles. The van der Waals surface area contributed by atoms with Crippen LogP contribution in [0.3, 0.4) is 0 Å². The zero-order valence-electron chi connectivity index (χ0n) is 9.75. The molecule has 2 atom stereocenters. The van der Waals surface area contributed by atoms with Crippen LogP contribution in [0.5, 0.6) is 0 Å². The molecule has 0 aromatic rings. The van der Waals surface area contributed by atoms with Crippen molar-refractivity contribution in [1.29, 1.82) is 0 Å². The Hall–Kier alpha value is 0.270. The van der Waals surface area contributed by atoms with Crippen molar-refractivity contribution in [2.45, 2.75) is 50.8 Å². The molecule has 0 saturated heterocycles. The molecule has 0 aliphatic carbocycles. The molecule has 0 aromatic heterocycles. The third-order valence-electron chi connectivity index (χ3n) is 2.46. The SMILES string of the molecule is CNC(C)CCCCSC(C)CCO. The molecular weight excluding hydrogens is 194 g/mol. The molecule has 0 fully saturated rings. The number of rotatable bonds is 9. The summed E-state index contributed by atoms with van der Waals surface area (Å²) in [5.41, 5.74) is 0. The Balaban J connectivity index is 3.13. The highest BCUT2D eigenvalue weighted by molar-refractivity contribution is 7.99. The molecule has 0 aromatic carbocycles. The average molecular weight is 219 g/mol. The van der Waals surface area contributed by atoms with Gasteiger partial charge >= 0.3 is 0 Å². The molecule has 0 rings (SSSR count). The smallest absolute Gasteiger partial charge is 0.0441 e. The van der Waals surface area contributed by atoms with Crippen molar-refractivity contribution in [3.8, 4) is 0 Å². The van der Waals surface area contributed by atoms with Gasteiger partial charge in [-0.25, -0.2) is 0 Å². The van der Waals surface area contributed by atoms with Crippen molar-refractivity contribution in [2.24, 2.45) is 0 Å². The minimum absolute atomic E-state index is 0.324. The summed E-state index contributed by atoms with van der Waals surface area (Å²) in [6.07, 6.45) is 4.80. The maximum Gasteiger partial charge on any atom is 0.0441 e. The number of thioether (sulfide) groups is 1. The van der Waals surface area contributed by atoms with Crippen LogP contribution in [-0.2, 0) is 0 Å². The van der Waals surface area contributed by atoms with Crippen LogP contribution in [0.4, 0.5) is 0 Å². The molecule has 3 heteroatoms. The lowest BCUT2D eigenvalue weighted by Crippen LogP contribution is -2.20. The molecule has 0 aliphatic rings. The van der Waals surface area contributed by atoms with Crippen molar-refractivity contribution in [3.63, 3.8) is 0 Å². The summed E-state index contributed by atoms with van der Waals surface area (Å²) in [4.78, 5) is 0. The van der Waals surface area contributed by atoms with E-state index in [2.05, 4.69) is 19.2 Å². The Kier molecular flexibility index (Phi) is 10.0. The summed E-state index contributed by atoms with van der Waals surface area (Å²) >= 11 is 1.98. The van der Waals surface area contributed by atoms with Crippen molar-refractivity contribution >= 4 is 11.8 Å². The maximum absolute atomic E-state index is 8.72. The molecule has 2 nitrogen and oxygen atoms in total. The quantitative estimate of drug-likeness (QED) is 0.584. The second-order valence-corrected chi connectivity index (χ2v) is 5.43. The fraction of sp³-hybridized carbons (Fsp3) is 1.00. The molecule has 0 aliphatic heterocycles. The van der Waals surface area contributed by atoms with Crippen LogP contribution < -0.4 is 5.32 Å². The number of aliphatic hydroxyl groups is 1. The molecule has 2 N–H and O–H groups in total. The number of unbranched alkanes of at least 4 members (excludes halogenated alkanes) is 1. The molecule has 0 bridgehead atoms. The monoisotopic (exact) mass is 219 g/mol.